The molecule has 2 aromatic carbocycles. The van der Waals surface area contributed by atoms with Crippen LogP contribution in [0.3, 0.4) is 0 Å². The summed E-state index contributed by atoms with van der Waals surface area (Å²) in [5, 5.41) is 0. The number of hydrogen-bond donors (Lipinski definition) is 0. The predicted octanol–water partition coefficient (Wildman–Crippen LogP) is 4.33. The van der Waals surface area contributed by atoms with Gasteiger partial charge >= 0.3 is 0 Å². The van der Waals surface area contributed by atoms with Crippen molar-refractivity contribution >= 4 is 0 Å². The molecule has 26 heavy (non-hydrogen) atoms. The first-order chi connectivity index (χ1) is 12.7. The van der Waals surface area contributed by atoms with Gasteiger partial charge in [-0.1, -0.05) is 35.9 Å². The summed E-state index contributed by atoms with van der Waals surface area (Å²) in [7, 11) is 1.69. The van der Waals surface area contributed by atoms with Crippen LogP contribution in [0, 0.1) is 6.92 Å². The van der Waals surface area contributed by atoms with E-state index in [1.807, 2.05) is 18.2 Å². The second-order valence-electron chi connectivity index (χ2n) is 6.74. The van der Waals surface area contributed by atoms with E-state index in [2.05, 4.69) is 65.2 Å². The van der Waals surface area contributed by atoms with E-state index in [0.717, 1.165) is 31.1 Å². The van der Waals surface area contributed by atoms with Gasteiger partial charge in [0.1, 0.15) is 12.0 Å². The zero-order valence-corrected chi connectivity index (χ0v) is 15.3. The van der Waals surface area contributed by atoms with Crippen LogP contribution in [-0.2, 0) is 11.3 Å². The Labute approximate surface area is 154 Å². The summed E-state index contributed by atoms with van der Waals surface area (Å²) < 4.78 is 13.5. The highest BCUT2D eigenvalue weighted by atomic mass is 16.5. The first kappa shape index (κ1) is 16.9. The number of aromatic nitrogens is 1. The van der Waals surface area contributed by atoms with Crippen LogP contribution in [0.5, 0.6) is 5.75 Å². The number of hydrogen-bond acceptors (Lipinski definition) is 3. The summed E-state index contributed by atoms with van der Waals surface area (Å²) in [6.45, 7) is 4.75. The van der Waals surface area contributed by atoms with E-state index in [-0.39, 0.29) is 6.23 Å². The molecule has 3 aromatic rings. The molecule has 0 saturated carbocycles. The summed E-state index contributed by atoms with van der Waals surface area (Å²) >= 11 is 0. The largest absolute Gasteiger partial charge is 0.497 e. The SMILES string of the molecule is COc1cccc(-n2ccc(C3OCCN3Cc3cccc(C)c3)c2)c1. The zero-order valence-electron chi connectivity index (χ0n) is 15.3. The van der Waals surface area contributed by atoms with Gasteiger partial charge in [-0.3, -0.25) is 4.90 Å². The minimum absolute atomic E-state index is 0.00219. The van der Waals surface area contributed by atoms with Crippen molar-refractivity contribution in [3.05, 3.63) is 83.7 Å². The van der Waals surface area contributed by atoms with Gasteiger partial charge < -0.3 is 14.0 Å². The van der Waals surface area contributed by atoms with Crippen LogP contribution in [0.1, 0.15) is 22.9 Å². The number of methoxy groups -OCH3 is 1. The fourth-order valence-electron chi connectivity index (χ4n) is 3.51. The molecular formula is C22H24N2O2. The van der Waals surface area contributed by atoms with Crippen molar-refractivity contribution in [2.45, 2.75) is 19.7 Å². The summed E-state index contributed by atoms with van der Waals surface area (Å²) in [5.74, 6) is 0.857. The van der Waals surface area contributed by atoms with Crippen molar-refractivity contribution < 1.29 is 9.47 Å². The summed E-state index contributed by atoms with van der Waals surface area (Å²) in [6, 6.07) is 18.9. The molecule has 0 spiro atoms. The lowest BCUT2D eigenvalue weighted by Crippen LogP contribution is -2.23. The quantitative estimate of drug-likeness (QED) is 0.687. The second kappa shape index (κ2) is 7.36. The Hall–Kier alpha value is -2.56. The van der Waals surface area contributed by atoms with Crippen LogP contribution in [0.4, 0.5) is 0 Å². The molecule has 1 unspecified atom stereocenters. The topological polar surface area (TPSA) is 26.6 Å². The molecule has 4 heteroatoms. The molecule has 4 rings (SSSR count). The third-order valence-corrected chi connectivity index (χ3v) is 4.81. The van der Waals surface area contributed by atoms with E-state index >= 15 is 0 Å². The lowest BCUT2D eigenvalue weighted by molar-refractivity contribution is 0.0288. The van der Waals surface area contributed by atoms with Crippen molar-refractivity contribution in [3.8, 4) is 11.4 Å². The molecule has 0 bridgehead atoms. The average Bonchev–Trinajstić information content (AvgIpc) is 3.31. The highest BCUT2D eigenvalue weighted by Gasteiger charge is 2.27. The molecule has 0 N–H and O–H groups in total. The number of rotatable bonds is 5. The molecule has 0 radical (unpaired) electrons. The normalized spacial score (nSPS) is 17.5. The van der Waals surface area contributed by atoms with E-state index < -0.39 is 0 Å². The summed E-state index contributed by atoms with van der Waals surface area (Å²) in [4.78, 5) is 2.39. The van der Waals surface area contributed by atoms with Crippen LogP contribution >= 0.6 is 0 Å². The van der Waals surface area contributed by atoms with E-state index in [1.165, 1.54) is 16.7 Å². The molecule has 1 aromatic heterocycles. The molecular weight excluding hydrogens is 324 g/mol. The van der Waals surface area contributed by atoms with Crippen LogP contribution in [0.2, 0.25) is 0 Å². The van der Waals surface area contributed by atoms with Crippen molar-refractivity contribution in [2.24, 2.45) is 0 Å². The first-order valence-corrected chi connectivity index (χ1v) is 8.96. The maximum atomic E-state index is 6.04. The van der Waals surface area contributed by atoms with Gasteiger partial charge in [-0.25, -0.2) is 0 Å². The van der Waals surface area contributed by atoms with E-state index in [4.69, 9.17) is 9.47 Å². The highest BCUT2D eigenvalue weighted by Crippen LogP contribution is 2.30. The molecule has 134 valence electrons. The maximum Gasteiger partial charge on any atom is 0.138 e. The summed E-state index contributed by atoms with van der Waals surface area (Å²) in [6.07, 6.45) is 4.23. The van der Waals surface area contributed by atoms with Crippen molar-refractivity contribution in [2.75, 3.05) is 20.3 Å². The van der Waals surface area contributed by atoms with Gasteiger partial charge in [0.2, 0.25) is 0 Å². The second-order valence-corrected chi connectivity index (χ2v) is 6.74. The Morgan fingerprint density at radius 2 is 2.00 bits per heavy atom. The zero-order chi connectivity index (χ0) is 17.9. The number of aryl methyl sites for hydroxylation is 1. The monoisotopic (exact) mass is 348 g/mol. The Bertz CT molecular complexity index is 887. The van der Waals surface area contributed by atoms with Gasteiger partial charge in [0.25, 0.3) is 0 Å². The van der Waals surface area contributed by atoms with Crippen molar-refractivity contribution in [3.63, 3.8) is 0 Å². The van der Waals surface area contributed by atoms with Crippen LogP contribution in [0.15, 0.2) is 67.0 Å². The fraction of sp³-hybridized carbons (Fsp3) is 0.273. The smallest absolute Gasteiger partial charge is 0.138 e. The summed E-state index contributed by atoms with van der Waals surface area (Å²) in [5.41, 5.74) is 4.88. The predicted molar refractivity (Wildman–Crippen MR) is 103 cm³/mol. The third-order valence-electron chi connectivity index (χ3n) is 4.81. The molecule has 4 nitrogen and oxygen atoms in total. The van der Waals surface area contributed by atoms with Gasteiger partial charge in [-0.2, -0.15) is 0 Å². The Morgan fingerprint density at radius 1 is 1.12 bits per heavy atom. The Kier molecular flexibility index (Phi) is 4.78. The van der Waals surface area contributed by atoms with Crippen molar-refractivity contribution in [1.82, 2.24) is 9.47 Å². The number of benzene rings is 2. The third kappa shape index (κ3) is 3.52. The van der Waals surface area contributed by atoms with Gasteiger partial charge in [0.05, 0.1) is 13.7 Å². The molecule has 1 aliphatic rings. The van der Waals surface area contributed by atoms with E-state index in [9.17, 15) is 0 Å². The lowest BCUT2D eigenvalue weighted by atomic mass is 10.1. The van der Waals surface area contributed by atoms with Crippen LogP contribution in [0.25, 0.3) is 5.69 Å². The minimum atomic E-state index is 0.00219. The molecule has 1 aliphatic heterocycles. The Morgan fingerprint density at radius 3 is 2.85 bits per heavy atom. The first-order valence-electron chi connectivity index (χ1n) is 8.96. The molecule has 0 amide bonds. The molecule has 2 heterocycles. The standard InChI is InChI=1S/C22H24N2O2/c1-17-5-3-6-18(13-17)15-24-11-12-26-22(24)19-9-10-23(16-19)20-7-4-8-21(14-20)25-2/h3-10,13-14,16,22H,11-12,15H2,1-2H3. The van der Waals surface area contributed by atoms with Gasteiger partial charge in [0.15, 0.2) is 0 Å². The highest BCUT2D eigenvalue weighted by molar-refractivity contribution is 5.40. The van der Waals surface area contributed by atoms with E-state index in [1.54, 1.807) is 7.11 Å². The lowest BCUT2D eigenvalue weighted by Gasteiger charge is -2.22. The van der Waals surface area contributed by atoms with Crippen molar-refractivity contribution in [1.29, 1.82) is 0 Å². The van der Waals surface area contributed by atoms with E-state index in [0.29, 0.717) is 0 Å². The molecule has 1 atom stereocenters. The maximum absolute atomic E-state index is 6.04. The Balaban J connectivity index is 1.54. The number of nitrogens with zero attached hydrogens (tertiary/aromatic N) is 2. The molecule has 1 fully saturated rings. The number of ether oxygens (including phenoxy) is 2. The van der Waals surface area contributed by atoms with Gasteiger partial charge in [-0.05, 0) is 30.7 Å². The van der Waals surface area contributed by atoms with Crippen LogP contribution in [-0.4, -0.2) is 29.7 Å². The minimum Gasteiger partial charge on any atom is -0.497 e. The molecule has 0 aliphatic carbocycles. The fourth-order valence-corrected chi connectivity index (χ4v) is 3.51. The molecule has 1 saturated heterocycles. The van der Waals surface area contributed by atoms with Crippen LogP contribution < -0.4 is 4.74 Å². The van der Waals surface area contributed by atoms with Gasteiger partial charge in [-0.15, -0.1) is 0 Å². The van der Waals surface area contributed by atoms with Gasteiger partial charge in [0, 0.05) is 42.8 Å². The average molecular weight is 348 g/mol.